The first-order valence-electron chi connectivity index (χ1n) is 8.12. The van der Waals surface area contributed by atoms with Crippen LogP contribution in [0.4, 0.5) is 0 Å². The normalized spacial score (nSPS) is 12.9. The molecular formula is C18H19N3O3S3. The molecule has 1 N–H and O–H groups in total. The van der Waals surface area contributed by atoms with Gasteiger partial charge in [0.15, 0.2) is 0 Å². The summed E-state index contributed by atoms with van der Waals surface area (Å²) < 4.78 is 25.4. The molecule has 3 rings (SSSR count). The predicted octanol–water partition coefficient (Wildman–Crippen LogP) is 3.61. The lowest BCUT2D eigenvalue weighted by Crippen LogP contribution is -2.26. The number of hydrogen-bond acceptors (Lipinski definition) is 6. The van der Waals surface area contributed by atoms with E-state index in [1.165, 1.54) is 29.7 Å². The second-order valence-electron chi connectivity index (χ2n) is 6.06. The number of hydrogen-bond donors (Lipinski definition) is 1. The van der Waals surface area contributed by atoms with Gasteiger partial charge in [0.1, 0.15) is 9.88 Å². The maximum atomic E-state index is 12.5. The minimum atomic E-state index is -3.46. The average molecular weight is 422 g/mol. The lowest BCUT2D eigenvalue weighted by atomic mass is 10.1. The van der Waals surface area contributed by atoms with Gasteiger partial charge < -0.3 is 5.32 Å². The van der Waals surface area contributed by atoms with E-state index in [-0.39, 0.29) is 16.8 Å². The largest absolute Gasteiger partial charge is 0.345 e. The van der Waals surface area contributed by atoms with Gasteiger partial charge in [-0.05, 0) is 36.1 Å². The summed E-state index contributed by atoms with van der Waals surface area (Å²) in [6.07, 6.45) is 1.58. The second-order valence-corrected chi connectivity index (χ2v) is 10.2. The highest BCUT2D eigenvalue weighted by molar-refractivity contribution is 7.89. The summed E-state index contributed by atoms with van der Waals surface area (Å²) >= 11 is 2.93. The first kappa shape index (κ1) is 19.7. The SMILES string of the molecule is CC(NC(=O)c1cnc(-c2cccs2)s1)c1ccc(S(=O)(=O)N(C)C)cc1. The summed E-state index contributed by atoms with van der Waals surface area (Å²) in [5, 5.41) is 5.72. The number of thiophene rings is 1. The van der Waals surface area contributed by atoms with Crippen LogP contribution in [-0.2, 0) is 10.0 Å². The third-order valence-electron chi connectivity index (χ3n) is 3.97. The Bertz CT molecular complexity index is 1020. The minimum Gasteiger partial charge on any atom is -0.345 e. The molecule has 0 spiro atoms. The Morgan fingerprint density at radius 3 is 2.48 bits per heavy atom. The smallest absolute Gasteiger partial charge is 0.263 e. The molecule has 1 unspecified atom stereocenters. The molecule has 2 aromatic heterocycles. The van der Waals surface area contributed by atoms with Gasteiger partial charge >= 0.3 is 0 Å². The monoisotopic (exact) mass is 421 g/mol. The van der Waals surface area contributed by atoms with Gasteiger partial charge in [-0.3, -0.25) is 4.79 Å². The molecule has 1 atom stereocenters. The number of nitrogens with one attached hydrogen (secondary N) is 1. The van der Waals surface area contributed by atoms with Crippen molar-refractivity contribution in [2.45, 2.75) is 17.9 Å². The predicted molar refractivity (Wildman–Crippen MR) is 109 cm³/mol. The molecule has 0 aliphatic rings. The quantitative estimate of drug-likeness (QED) is 0.659. The Balaban J connectivity index is 1.70. The number of sulfonamides is 1. The lowest BCUT2D eigenvalue weighted by Gasteiger charge is -2.15. The first-order chi connectivity index (χ1) is 12.8. The van der Waals surface area contributed by atoms with E-state index in [2.05, 4.69) is 10.3 Å². The molecule has 6 nitrogen and oxygen atoms in total. The highest BCUT2D eigenvalue weighted by Crippen LogP contribution is 2.29. The highest BCUT2D eigenvalue weighted by atomic mass is 32.2. The van der Waals surface area contributed by atoms with E-state index in [4.69, 9.17) is 0 Å². The molecule has 0 radical (unpaired) electrons. The summed E-state index contributed by atoms with van der Waals surface area (Å²) in [7, 11) is -0.480. The molecule has 2 heterocycles. The number of benzene rings is 1. The summed E-state index contributed by atoms with van der Waals surface area (Å²) in [6, 6.07) is 10.2. The Morgan fingerprint density at radius 1 is 1.19 bits per heavy atom. The molecule has 0 aliphatic heterocycles. The van der Waals surface area contributed by atoms with Crippen LogP contribution in [0.2, 0.25) is 0 Å². The third-order valence-corrected chi connectivity index (χ3v) is 7.83. The van der Waals surface area contributed by atoms with Gasteiger partial charge in [-0.15, -0.1) is 22.7 Å². The molecule has 0 aliphatic carbocycles. The van der Waals surface area contributed by atoms with Gasteiger partial charge in [-0.25, -0.2) is 17.7 Å². The Labute approximate surface area is 166 Å². The van der Waals surface area contributed by atoms with Crippen molar-refractivity contribution in [1.29, 1.82) is 0 Å². The molecule has 0 saturated carbocycles. The highest BCUT2D eigenvalue weighted by Gasteiger charge is 2.19. The zero-order valence-corrected chi connectivity index (χ0v) is 17.5. The lowest BCUT2D eigenvalue weighted by molar-refractivity contribution is 0.0943. The molecule has 0 bridgehead atoms. The minimum absolute atomic E-state index is 0.201. The van der Waals surface area contributed by atoms with E-state index in [0.717, 1.165) is 15.4 Å². The summed E-state index contributed by atoms with van der Waals surface area (Å²) in [5.41, 5.74) is 0.823. The van der Waals surface area contributed by atoms with Crippen molar-refractivity contribution in [1.82, 2.24) is 14.6 Å². The molecule has 0 fully saturated rings. The van der Waals surface area contributed by atoms with Crippen molar-refractivity contribution >= 4 is 38.6 Å². The number of carbonyl (C=O) groups excluding carboxylic acids is 1. The van der Waals surface area contributed by atoms with Crippen LogP contribution in [-0.4, -0.2) is 37.7 Å². The number of rotatable bonds is 6. The van der Waals surface area contributed by atoms with Crippen LogP contribution in [0.3, 0.4) is 0 Å². The number of amides is 1. The number of carbonyl (C=O) groups is 1. The number of nitrogens with zero attached hydrogens (tertiary/aromatic N) is 2. The summed E-state index contributed by atoms with van der Waals surface area (Å²) in [6.45, 7) is 1.86. The van der Waals surface area contributed by atoms with E-state index in [1.807, 2.05) is 24.4 Å². The van der Waals surface area contributed by atoms with Crippen molar-refractivity contribution in [3.8, 4) is 9.88 Å². The topological polar surface area (TPSA) is 79.4 Å². The van der Waals surface area contributed by atoms with Crippen molar-refractivity contribution in [2.75, 3.05) is 14.1 Å². The molecule has 0 saturated heterocycles. The fraction of sp³-hybridized carbons (Fsp3) is 0.222. The van der Waals surface area contributed by atoms with Crippen LogP contribution in [0.25, 0.3) is 9.88 Å². The van der Waals surface area contributed by atoms with E-state index in [1.54, 1.807) is 41.8 Å². The summed E-state index contributed by atoms with van der Waals surface area (Å²) in [5.74, 6) is -0.201. The van der Waals surface area contributed by atoms with Gasteiger partial charge in [-0.2, -0.15) is 0 Å². The third kappa shape index (κ3) is 4.27. The average Bonchev–Trinajstić information content (AvgIpc) is 3.33. The van der Waals surface area contributed by atoms with Crippen molar-refractivity contribution in [3.63, 3.8) is 0 Å². The molecule has 27 heavy (non-hydrogen) atoms. The maximum absolute atomic E-state index is 12.5. The van der Waals surface area contributed by atoms with Crippen molar-refractivity contribution in [2.24, 2.45) is 0 Å². The first-order valence-corrected chi connectivity index (χ1v) is 11.3. The van der Waals surface area contributed by atoms with Gasteiger partial charge in [0.2, 0.25) is 10.0 Å². The van der Waals surface area contributed by atoms with Crippen LogP contribution in [0.5, 0.6) is 0 Å². The molecule has 1 amide bonds. The Morgan fingerprint density at radius 2 is 1.89 bits per heavy atom. The summed E-state index contributed by atoms with van der Waals surface area (Å²) in [4.78, 5) is 18.6. The van der Waals surface area contributed by atoms with Crippen molar-refractivity contribution in [3.05, 3.63) is 58.4 Å². The van der Waals surface area contributed by atoms with E-state index < -0.39 is 10.0 Å². The van der Waals surface area contributed by atoms with E-state index in [9.17, 15) is 13.2 Å². The number of thiazole rings is 1. The fourth-order valence-corrected chi connectivity index (χ4v) is 4.91. The Hall–Kier alpha value is -2.07. The molecule has 3 aromatic rings. The van der Waals surface area contributed by atoms with Crippen LogP contribution in [0, 0.1) is 0 Å². The fourth-order valence-electron chi connectivity index (χ4n) is 2.38. The van der Waals surface area contributed by atoms with Gasteiger partial charge in [0.05, 0.1) is 22.0 Å². The second kappa shape index (κ2) is 7.89. The van der Waals surface area contributed by atoms with Crippen LogP contribution >= 0.6 is 22.7 Å². The van der Waals surface area contributed by atoms with Crippen LogP contribution < -0.4 is 5.32 Å². The molecule has 142 valence electrons. The standard InChI is InChI=1S/C18H19N3O3S3/c1-12(13-6-8-14(9-7-13)27(23,24)21(2)3)20-17(22)16-11-19-18(26-16)15-5-4-10-25-15/h4-12H,1-3H3,(H,20,22). The van der Waals surface area contributed by atoms with Gasteiger partial charge in [0, 0.05) is 14.1 Å². The van der Waals surface area contributed by atoms with E-state index in [0.29, 0.717) is 4.88 Å². The van der Waals surface area contributed by atoms with Crippen LogP contribution in [0.1, 0.15) is 28.2 Å². The van der Waals surface area contributed by atoms with Gasteiger partial charge in [0.25, 0.3) is 5.91 Å². The van der Waals surface area contributed by atoms with E-state index >= 15 is 0 Å². The van der Waals surface area contributed by atoms with Crippen LogP contribution in [0.15, 0.2) is 52.9 Å². The number of aromatic nitrogens is 1. The zero-order chi connectivity index (χ0) is 19.6. The zero-order valence-electron chi connectivity index (χ0n) is 15.0. The molecular weight excluding hydrogens is 402 g/mol. The maximum Gasteiger partial charge on any atom is 0.263 e. The van der Waals surface area contributed by atoms with Crippen molar-refractivity contribution < 1.29 is 13.2 Å². The Kier molecular flexibility index (Phi) is 5.75. The molecule has 1 aromatic carbocycles. The molecule has 9 heteroatoms. The van der Waals surface area contributed by atoms with Gasteiger partial charge in [-0.1, -0.05) is 18.2 Å².